The summed E-state index contributed by atoms with van der Waals surface area (Å²) in [6.45, 7) is 2.45. The lowest BCUT2D eigenvalue weighted by molar-refractivity contribution is -0.275. The second-order valence-electron chi connectivity index (χ2n) is 8.03. The van der Waals surface area contributed by atoms with E-state index >= 15 is 0 Å². The first-order chi connectivity index (χ1) is 13.3. The zero-order valence-electron chi connectivity index (χ0n) is 16.2. The van der Waals surface area contributed by atoms with Crippen LogP contribution < -0.4 is 0 Å². The van der Waals surface area contributed by atoms with Crippen LogP contribution in [0.5, 0.6) is 0 Å². The first-order valence-electron chi connectivity index (χ1n) is 9.88. The fourth-order valence-electron chi connectivity index (χ4n) is 4.18. The third kappa shape index (κ3) is 4.95. The number of rotatable bonds is 6. The zero-order valence-corrected chi connectivity index (χ0v) is 16.2. The van der Waals surface area contributed by atoms with Crippen LogP contribution in [0.15, 0.2) is 60.7 Å². The van der Waals surface area contributed by atoms with Crippen LogP contribution >= 0.6 is 0 Å². The predicted octanol–water partition coefficient (Wildman–Crippen LogP) is 5.56. The van der Waals surface area contributed by atoms with E-state index in [4.69, 9.17) is 0 Å². The van der Waals surface area contributed by atoms with Gasteiger partial charge in [0.1, 0.15) is 0 Å². The molecule has 2 nitrogen and oxygen atoms in total. The highest BCUT2D eigenvalue weighted by molar-refractivity contribution is 5.17. The Morgan fingerprint density at radius 2 is 1.25 bits per heavy atom. The van der Waals surface area contributed by atoms with Crippen molar-refractivity contribution in [1.82, 2.24) is 4.90 Å². The number of hydrogen-bond acceptors (Lipinski definition) is 2. The number of hydrogen-bond donors (Lipinski definition) is 1. The van der Waals surface area contributed by atoms with Gasteiger partial charge in [-0.15, -0.1) is 0 Å². The number of nitrogens with zero attached hydrogens (tertiary/aromatic N) is 1. The summed E-state index contributed by atoms with van der Waals surface area (Å²) in [7, 11) is 0. The minimum Gasteiger partial charge on any atom is -0.380 e. The van der Waals surface area contributed by atoms with Gasteiger partial charge in [-0.05, 0) is 49.7 Å². The summed E-state index contributed by atoms with van der Waals surface area (Å²) in [6.07, 6.45) is -2.49. The highest BCUT2D eigenvalue weighted by Crippen LogP contribution is 2.43. The lowest BCUT2D eigenvalue weighted by Crippen LogP contribution is -2.51. The number of alkyl halides is 3. The lowest BCUT2D eigenvalue weighted by atomic mass is 9.75. The topological polar surface area (TPSA) is 23.5 Å². The predicted molar refractivity (Wildman–Crippen MR) is 105 cm³/mol. The van der Waals surface area contributed by atoms with Gasteiger partial charge in [0.25, 0.3) is 0 Å². The molecule has 1 saturated carbocycles. The molecule has 1 N–H and O–H groups in total. The monoisotopic (exact) mass is 391 g/mol. The molecular formula is C23H28F3NO. The molecule has 0 heterocycles. The van der Waals surface area contributed by atoms with E-state index in [1.54, 1.807) is 0 Å². The Balaban J connectivity index is 1.71. The van der Waals surface area contributed by atoms with Crippen molar-refractivity contribution in [3.8, 4) is 0 Å². The van der Waals surface area contributed by atoms with Gasteiger partial charge in [0.05, 0.1) is 0 Å². The molecule has 2 aromatic carbocycles. The van der Waals surface area contributed by atoms with Crippen LogP contribution in [0.3, 0.4) is 0 Å². The summed E-state index contributed by atoms with van der Waals surface area (Å²) in [5.41, 5.74) is -0.215. The average molecular weight is 391 g/mol. The minimum atomic E-state index is -4.59. The maximum atomic E-state index is 13.2. The fourth-order valence-corrected chi connectivity index (χ4v) is 4.18. The van der Waals surface area contributed by atoms with E-state index in [0.717, 1.165) is 20.0 Å². The molecule has 1 fully saturated rings. The van der Waals surface area contributed by atoms with E-state index in [1.165, 1.54) is 11.1 Å². The molecule has 1 aliphatic carbocycles. The smallest absolute Gasteiger partial charge is 0.380 e. The van der Waals surface area contributed by atoms with Crippen LogP contribution in [-0.4, -0.2) is 27.8 Å². The van der Waals surface area contributed by atoms with Crippen molar-refractivity contribution in [2.75, 3.05) is 0 Å². The average Bonchev–Trinajstić information content (AvgIpc) is 2.68. The quantitative estimate of drug-likeness (QED) is 0.697. The van der Waals surface area contributed by atoms with Crippen LogP contribution in [0, 0.1) is 5.92 Å². The molecule has 0 aromatic heterocycles. The maximum Gasteiger partial charge on any atom is 0.417 e. The third-order valence-corrected chi connectivity index (χ3v) is 6.04. The highest BCUT2D eigenvalue weighted by atomic mass is 19.4. The minimum absolute atomic E-state index is 0.209. The molecular weight excluding hydrogens is 363 g/mol. The third-order valence-electron chi connectivity index (χ3n) is 6.04. The molecule has 1 aliphatic rings. The van der Waals surface area contributed by atoms with Crippen molar-refractivity contribution in [2.45, 2.75) is 63.5 Å². The fraction of sp³-hybridized carbons (Fsp3) is 0.478. The first kappa shape index (κ1) is 20.9. The van der Waals surface area contributed by atoms with Crippen molar-refractivity contribution >= 4 is 0 Å². The second-order valence-corrected chi connectivity index (χ2v) is 8.03. The van der Waals surface area contributed by atoms with Crippen molar-refractivity contribution in [2.24, 2.45) is 5.92 Å². The summed E-state index contributed by atoms with van der Waals surface area (Å²) in [6, 6.07) is 20.5. The lowest BCUT2D eigenvalue weighted by Gasteiger charge is -2.42. The van der Waals surface area contributed by atoms with Gasteiger partial charge in [-0.2, -0.15) is 13.2 Å². The van der Waals surface area contributed by atoms with Crippen LogP contribution in [-0.2, 0) is 13.1 Å². The van der Waals surface area contributed by atoms with Crippen LogP contribution in [0.25, 0.3) is 0 Å². The molecule has 0 amide bonds. The molecule has 1 unspecified atom stereocenters. The Labute approximate surface area is 165 Å². The molecule has 0 saturated heterocycles. The first-order valence-corrected chi connectivity index (χ1v) is 9.88. The molecule has 3 rings (SSSR count). The van der Waals surface area contributed by atoms with Gasteiger partial charge in [-0.25, -0.2) is 0 Å². The zero-order chi connectivity index (χ0) is 20.2. The molecule has 152 valence electrons. The Morgan fingerprint density at radius 3 is 1.64 bits per heavy atom. The Bertz CT molecular complexity index is 681. The van der Waals surface area contributed by atoms with E-state index in [9.17, 15) is 18.3 Å². The van der Waals surface area contributed by atoms with Gasteiger partial charge in [0, 0.05) is 19.1 Å². The molecule has 0 aliphatic heterocycles. The second kappa shape index (κ2) is 8.66. The van der Waals surface area contributed by atoms with Crippen LogP contribution in [0.4, 0.5) is 13.2 Å². The Kier molecular flexibility index (Phi) is 6.46. The van der Waals surface area contributed by atoms with Crippen molar-refractivity contribution in [3.05, 3.63) is 71.8 Å². The number of benzene rings is 2. The van der Waals surface area contributed by atoms with Crippen molar-refractivity contribution in [1.29, 1.82) is 0 Å². The van der Waals surface area contributed by atoms with E-state index in [1.807, 2.05) is 36.4 Å². The van der Waals surface area contributed by atoms with Gasteiger partial charge in [0.15, 0.2) is 5.60 Å². The van der Waals surface area contributed by atoms with Gasteiger partial charge in [0.2, 0.25) is 0 Å². The van der Waals surface area contributed by atoms with E-state index < -0.39 is 17.7 Å². The largest absolute Gasteiger partial charge is 0.417 e. The summed E-state index contributed by atoms with van der Waals surface area (Å²) in [4.78, 5) is 2.36. The SMILES string of the molecule is CC(O)([C@H]1CC[C@H](N(Cc2ccccc2)Cc2ccccc2)CC1)C(F)(F)F. The van der Waals surface area contributed by atoms with E-state index in [2.05, 4.69) is 29.2 Å². The van der Waals surface area contributed by atoms with Gasteiger partial charge >= 0.3 is 6.18 Å². The molecule has 5 heteroatoms. The molecule has 0 radical (unpaired) electrons. The molecule has 0 spiro atoms. The molecule has 0 bridgehead atoms. The summed E-state index contributed by atoms with van der Waals surface area (Å²) in [5.74, 6) is -0.737. The molecule has 1 atom stereocenters. The van der Waals surface area contributed by atoms with Crippen LogP contribution in [0.2, 0.25) is 0 Å². The Morgan fingerprint density at radius 1 is 0.821 bits per heavy atom. The number of halogens is 3. The van der Waals surface area contributed by atoms with Crippen LogP contribution in [0.1, 0.15) is 43.7 Å². The maximum absolute atomic E-state index is 13.2. The Hall–Kier alpha value is -1.85. The van der Waals surface area contributed by atoms with Crippen molar-refractivity contribution < 1.29 is 18.3 Å². The normalized spacial score (nSPS) is 22.8. The summed E-state index contributed by atoms with van der Waals surface area (Å²) >= 11 is 0. The number of aliphatic hydroxyl groups is 1. The van der Waals surface area contributed by atoms with E-state index in [0.29, 0.717) is 25.7 Å². The van der Waals surface area contributed by atoms with Crippen molar-refractivity contribution in [3.63, 3.8) is 0 Å². The standard InChI is InChI=1S/C23H28F3NO/c1-22(28,23(24,25)26)20-12-14-21(15-13-20)27(16-18-8-4-2-5-9-18)17-19-10-6-3-7-11-19/h2-11,20-21,28H,12-17H2,1H3/t20-,21-,22?. The highest BCUT2D eigenvalue weighted by Gasteiger charge is 2.55. The summed E-state index contributed by atoms with van der Waals surface area (Å²) < 4.78 is 39.6. The van der Waals surface area contributed by atoms with Gasteiger partial charge < -0.3 is 5.11 Å². The molecule has 28 heavy (non-hydrogen) atoms. The molecule has 2 aromatic rings. The summed E-state index contributed by atoms with van der Waals surface area (Å²) in [5, 5.41) is 10.0. The van der Waals surface area contributed by atoms with Gasteiger partial charge in [-0.3, -0.25) is 4.90 Å². The van der Waals surface area contributed by atoms with Gasteiger partial charge in [-0.1, -0.05) is 60.7 Å². The van der Waals surface area contributed by atoms with E-state index in [-0.39, 0.29) is 6.04 Å².